The Morgan fingerprint density at radius 1 is 1.13 bits per heavy atom. The molecule has 0 bridgehead atoms. The summed E-state index contributed by atoms with van der Waals surface area (Å²) >= 11 is 6.61. The number of rotatable bonds is 5. The minimum Gasteiger partial charge on any atom is -0.373 e. The number of ether oxygens (including phenoxy) is 1. The van der Waals surface area contributed by atoms with Gasteiger partial charge < -0.3 is 9.64 Å². The molecule has 31 heavy (non-hydrogen) atoms. The smallest absolute Gasteiger partial charge is 0.258 e. The zero-order valence-corrected chi connectivity index (χ0v) is 19.5. The van der Waals surface area contributed by atoms with E-state index in [0.29, 0.717) is 41.1 Å². The SMILES string of the molecule is Cc1nn(Cc2ccccc2)c(Cl)c1C(=O)N1CCC(CN2CC(C)OC(C)C2)CC1. The summed E-state index contributed by atoms with van der Waals surface area (Å²) in [4.78, 5) is 17.7. The van der Waals surface area contributed by atoms with Gasteiger partial charge in [0.25, 0.3) is 5.91 Å². The van der Waals surface area contributed by atoms with E-state index >= 15 is 0 Å². The molecule has 2 aromatic rings. The average molecular weight is 445 g/mol. The van der Waals surface area contributed by atoms with Crippen molar-refractivity contribution in [2.45, 2.75) is 52.4 Å². The molecule has 2 fully saturated rings. The molecule has 0 spiro atoms. The van der Waals surface area contributed by atoms with Crippen LogP contribution in [0.15, 0.2) is 30.3 Å². The minimum absolute atomic E-state index is 0.00822. The molecule has 1 amide bonds. The number of aromatic nitrogens is 2. The van der Waals surface area contributed by atoms with Gasteiger partial charge in [0.2, 0.25) is 0 Å². The maximum Gasteiger partial charge on any atom is 0.258 e. The number of carbonyl (C=O) groups is 1. The lowest BCUT2D eigenvalue weighted by atomic mass is 9.95. The lowest BCUT2D eigenvalue weighted by Crippen LogP contribution is -2.48. The fourth-order valence-corrected chi connectivity index (χ4v) is 5.25. The van der Waals surface area contributed by atoms with Crippen molar-refractivity contribution in [3.63, 3.8) is 0 Å². The highest BCUT2D eigenvalue weighted by atomic mass is 35.5. The Balaban J connectivity index is 1.35. The number of morpholine rings is 1. The molecule has 0 aliphatic carbocycles. The van der Waals surface area contributed by atoms with Crippen molar-refractivity contribution in [1.29, 1.82) is 0 Å². The fourth-order valence-electron chi connectivity index (χ4n) is 4.93. The number of carbonyl (C=O) groups excluding carboxylic acids is 1. The third-order valence-corrected chi connectivity index (χ3v) is 6.75. The number of hydrogen-bond acceptors (Lipinski definition) is 4. The summed E-state index contributed by atoms with van der Waals surface area (Å²) in [5, 5.41) is 4.98. The topological polar surface area (TPSA) is 50.6 Å². The molecule has 2 saturated heterocycles. The van der Waals surface area contributed by atoms with Crippen LogP contribution in [0.1, 0.15) is 48.3 Å². The van der Waals surface area contributed by atoms with Crippen molar-refractivity contribution in [2.24, 2.45) is 5.92 Å². The van der Waals surface area contributed by atoms with Crippen LogP contribution in [-0.4, -0.2) is 70.4 Å². The Labute approximate surface area is 190 Å². The van der Waals surface area contributed by atoms with Crippen LogP contribution in [0.3, 0.4) is 0 Å². The van der Waals surface area contributed by atoms with Gasteiger partial charge >= 0.3 is 0 Å². The van der Waals surface area contributed by atoms with Gasteiger partial charge in [0, 0.05) is 32.7 Å². The van der Waals surface area contributed by atoms with E-state index in [4.69, 9.17) is 16.3 Å². The number of halogens is 1. The lowest BCUT2D eigenvalue weighted by Gasteiger charge is -2.39. The van der Waals surface area contributed by atoms with Gasteiger partial charge in [-0.3, -0.25) is 9.69 Å². The van der Waals surface area contributed by atoms with Crippen LogP contribution >= 0.6 is 11.6 Å². The van der Waals surface area contributed by atoms with Gasteiger partial charge in [-0.15, -0.1) is 0 Å². The monoisotopic (exact) mass is 444 g/mol. The molecule has 1 aromatic carbocycles. The third-order valence-electron chi connectivity index (χ3n) is 6.37. The minimum atomic E-state index is 0.00822. The Hall–Kier alpha value is -1.89. The van der Waals surface area contributed by atoms with Crippen molar-refractivity contribution >= 4 is 17.5 Å². The van der Waals surface area contributed by atoms with E-state index in [0.717, 1.165) is 51.1 Å². The van der Waals surface area contributed by atoms with Crippen LogP contribution in [0.2, 0.25) is 5.15 Å². The van der Waals surface area contributed by atoms with E-state index in [2.05, 4.69) is 23.8 Å². The van der Waals surface area contributed by atoms with Crippen LogP contribution in [0.25, 0.3) is 0 Å². The third kappa shape index (κ3) is 5.30. The highest BCUT2D eigenvalue weighted by Crippen LogP contribution is 2.26. The largest absolute Gasteiger partial charge is 0.373 e. The number of piperidine rings is 1. The van der Waals surface area contributed by atoms with Crippen molar-refractivity contribution < 1.29 is 9.53 Å². The molecule has 2 aliphatic heterocycles. The van der Waals surface area contributed by atoms with Gasteiger partial charge in [0.1, 0.15) is 5.15 Å². The van der Waals surface area contributed by atoms with Crippen LogP contribution in [0, 0.1) is 12.8 Å². The number of nitrogens with zero attached hydrogens (tertiary/aromatic N) is 4. The van der Waals surface area contributed by atoms with Gasteiger partial charge in [-0.05, 0) is 45.1 Å². The van der Waals surface area contributed by atoms with E-state index in [-0.39, 0.29) is 5.91 Å². The molecule has 2 unspecified atom stereocenters. The molecule has 4 rings (SSSR count). The molecular weight excluding hydrogens is 412 g/mol. The Morgan fingerprint density at radius 3 is 2.42 bits per heavy atom. The normalized spacial score (nSPS) is 23.3. The molecular formula is C24H33ClN4O2. The first kappa shape index (κ1) is 22.3. The van der Waals surface area contributed by atoms with E-state index in [1.165, 1.54) is 0 Å². The van der Waals surface area contributed by atoms with Crippen molar-refractivity contribution in [3.05, 3.63) is 52.3 Å². The van der Waals surface area contributed by atoms with Crippen LogP contribution < -0.4 is 0 Å². The predicted molar refractivity (Wildman–Crippen MR) is 123 cm³/mol. The van der Waals surface area contributed by atoms with Gasteiger partial charge in [-0.1, -0.05) is 41.9 Å². The van der Waals surface area contributed by atoms with Crippen LogP contribution in [0.4, 0.5) is 0 Å². The van der Waals surface area contributed by atoms with Crippen molar-refractivity contribution in [1.82, 2.24) is 19.6 Å². The molecule has 1 aromatic heterocycles. The van der Waals surface area contributed by atoms with Gasteiger partial charge in [0.15, 0.2) is 0 Å². The molecule has 6 nitrogen and oxygen atoms in total. The van der Waals surface area contributed by atoms with Gasteiger partial charge in [0.05, 0.1) is 30.0 Å². The fraction of sp³-hybridized carbons (Fsp3) is 0.583. The Kier molecular flexibility index (Phi) is 6.99. The summed E-state index contributed by atoms with van der Waals surface area (Å²) in [7, 11) is 0. The molecule has 7 heteroatoms. The van der Waals surface area contributed by atoms with E-state index < -0.39 is 0 Å². The van der Waals surface area contributed by atoms with Crippen molar-refractivity contribution in [2.75, 3.05) is 32.7 Å². The second-order valence-electron chi connectivity index (χ2n) is 9.11. The quantitative estimate of drug-likeness (QED) is 0.702. The first-order valence-electron chi connectivity index (χ1n) is 11.3. The van der Waals surface area contributed by atoms with E-state index in [9.17, 15) is 4.79 Å². The molecule has 168 valence electrons. The standard InChI is InChI=1S/C24H33ClN4O2/c1-17-13-27(14-18(2)31-17)15-21-9-11-28(12-10-21)24(30)22-19(3)26-29(23(22)25)16-20-7-5-4-6-8-20/h4-8,17-18,21H,9-16H2,1-3H3. The number of hydrogen-bond donors (Lipinski definition) is 0. The summed E-state index contributed by atoms with van der Waals surface area (Å²) in [6, 6.07) is 10.0. The van der Waals surface area contributed by atoms with Crippen LogP contribution in [0.5, 0.6) is 0 Å². The second-order valence-corrected chi connectivity index (χ2v) is 9.46. The lowest BCUT2D eigenvalue weighted by molar-refractivity contribution is -0.0728. The van der Waals surface area contributed by atoms with E-state index in [1.54, 1.807) is 4.68 Å². The summed E-state index contributed by atoms with van der Waals surface area (Å²) in [6.07, 6.45) is 2.65. The van der Waals surface area contributed by atoms with E-state index in [1.807, 2.05) is 42.2 Å². The number of likely N-dealkylation sites (tertiary alicyclic amines) is 1. The van der Waals surface area contributed by atoms with Gasteiger partial charge in [-0.2, -0.15) is 5.10 Å². The highest BCUT2D eigenvalue weighted by Gasteiger charge is 2.30. The summed E-state index contributed by atoms with van der Waals surface area (Å²) in [5.41, 5.74) is 2.36. The molecule has 0 saturated carbocycles. The predicted octanol–water partition coefficient (Wildman–Crippen LogP) is 3.85. The number of benzene rings is 1. The second kappa shape index (κ2) is 9.72. The maximum atomic E-state index is 13.3. The van der Waals surface area contributed by atoms with Gasteiger partial charge in [-0.25, -0.2) is 4.68 Å². The molecule has 0 N–H and O–H groups in total. The molecule has 3 heterocycles. The highest BCUT2D eigenvalue weighted by molar-refractivity contribution is 6.33. The van der Waals surface area contributed by atoms with Crippen LogP contribution in [-0.2, 0) is 11.3 Å². The molecule has 2 aliphatic rings. The zero-order chi connectivity index (χ0) is 22.0. The Morgan fingerprint density at radius 2 is 1.77 bits per heavy atom. The summed E-state index contributed by atoms with van der Waals surface area (Å²) < 4.78 is 7.58. The Bertz CT molecular complexity index is 882. The first-order valence-corrected chi connectivity index (χ1v) is 11.7. The molecule has 0 radical (unpaired) electrons. The summed E-state index contributed by atoms with van der Waals surface area (Å²) in [5.74, 6) is 0.632. The van der Waals surface area contributed by atoms with Crippen molar-refractivity contribution in [3.8, 4) is 0 Å². The summed E-state index contributed by atoms with van der Waals surface area (Å²) in [6.45, 7) is 11.4. The molecule has 2 atom stereocenters. The maximum absolute atomic E-state index is 13.3. The zero-order valence-electron chi connectivity index (χ0n) is 18.8. The number of aryl methyl sites for hydroxylation is 1. The number of amides is 1. The average Bonchev–Trinajstić information content (AvgIpc) is 3.01. The first-order chi connectivity index (χ1) is 14.9.